The lowest BCUT2D eigenvalue weighted by Gasteiger charge is -2.23. The normalized spacial score (nSPS) is 9.89. The molecule has 0 aliphatic carbocycles. The van der Waals surface area contributed by atoms with Crippen LogP contribution in [0.2, 0.25) is 0 Å². The number of rotatable bonds is 5. The summed E-state index contributed by atoms with van der Waals surface area (Å²) >= 11 is 0. The van der Waals surface area contributed by atoms with E-state index < -0.39 is 0 Å². The predicted octanol–water partition coefficient (Wildman–Crippen LogP) is 1.92. The molecular weight excluding hydrogens is 236 g/mol. The Morgan fingerprint density at radius 3 is 2.63 bits per heavy atom. The zero-order valence-corrected chi connectivity index (χ0v) is 10.7. The van der Waals surface area contributed by atoms with Gasteiger partial charge in [0, 0.05) is 25.8 Å². The van der Waals surface area contributed by atoms with Crippen LogP contribution < -0.4 is 10.6 Å². The number of nitrogens with zero attached hydrogens (tertiary/aromatic N) is 3. The first-order valence-electron chi connectivity index (χ1n) is 6.19. The molecule has 0 aliphatic heterocycles. The Labute approximate surface area is 113 Å². The molecule has 4 nitrogen and oxygen atoms in total. The molecule has 0 fully saturated rings. The molecule has 1 aromatic heterocycles. The topological polar surface area (TPSA) is 65.9 Å². The lowest BCUT2D eigenvalue weighted by Crippen LogP contribution is -2.30. The summed E-state index contributed by atoms with van der Waals surface area (Å²) in [5, 5.41) is 9.15. The van der Waals surface area contributed by atoms with Crippen molar-refractivity contribution in [1.82, 2.24) is 4.98 Å². The van der Waals surface area contributed by atoms with Crippen LogP contribution in [0.1, 0.15) is 11.1 Å². The fraction of sp³-hybridized carbons (Fsp3) is 0.200. The van der Waals surface area contributed by atoms with Crippen LogP contribution in [-0.4, -0.2) is 18.1 Å². The molecule has 0 unspecified atom stereocenters. The number of hydrogen-bond acceptors (Lipinski definition) is 4. The second-order valence-electron chi connectivity index (χ2n) is 4.18. The van der Waals surface area contributed by atoms with Crippen molar-refractivity contribution >= 4 is 5.82 Å². The number of hydrogen-bond donors (Lipinski definition) is 1. The van der Waals surface area contributed by atoms with Crippen molar-refractivity contribution in [2.24, 2.45) is 5.73 Å². The molecular formula is C15H16N4. The Balaban J connectivity index is 2.27. The number of nitrogens with two attached hydrogens (primary N) is 1. The van der Waals surface area contributed by atoms with E-state index in [0.29, 0.717) is 31.0 Å². The number of aromatic nitrogens is 1. The lowest BCUT2D eigenvalue weighted by molar-refractivity contribution is 0.774. The maximum Gasteiger partial charge on any atom is 0.146 e. The molecule has 0 radical (unpaired) electrons. The first kappa shape index (κ1) is 13.1. The number of pyridine rings is 1. The molecule has 0 aliphatic rings. The van der Waals surface area contributed by atoms with Crippen molar-refractivity contribution in [3.05, 3.63) is 59.8 Å². The zero-order chi connectivity index (χ0) is 13.5. The minimum absolute atomic E-state index is 0.522. The average molecular weight is 252 g/mol. The van der Waals surface area contributed by atoms with Gasteiger partial charge in [0.1, 0.15) is 11.9 Å². The molecule has 0 atom stereocenters. The van der Waals surface area contributed by atoms with Crippen LogP contribution in [0.4, 0.5) is 5.82 Å². The van der Waals surface area contributed by atoms with Gasteiger partial charge >= 0.3 is 0 Å². The largest absolute Gasteiger partial charge is 0.350 e. The van der Waals surface area contributed by atoms with Crippen molar-refractivity contribution in [3.8, 4) is 6.07 Å². The Hall–Kier alpha value is -2.38. The Morgan fingerprint density at radius 1 is 1.16 bits per heavy atom. The van der Waals surface area contributed by atoms with Crippen LogP contribution in [0.15, 0.2) is 48.7 Å². The molecule has 1 aromatic carbocycles. The third kappa shape index (κ3) is 3.30. The van der Waals surface area contributed by atoms with Crippen LogP contribution in [0.3, 0.4) is 0 Å². The fourth-order valence-electron chi connectivity index (χ4n) is 1.96. The molecule has 96 valence electrons. The van der Waals surface area contributed by atoms with E-state index in [1.165, 1.54) is 5.56 Å². The van der Waals surface area contributed by atoms with Crippen molar-refractivity contribution in [1.29, 1.82) is 5.26 Å². The highest BCUT2D eigenvalue weighted by Crippen LogP contribution is 2.18. The second kappa shape index (κ2) is 6.53. The zero-order valence-electron chi connectivity index (χ0n) is 10.7. The summed E-state index contributed by atoms with van der Waals surface area (Å²) in [6.45, 7) is 1.89. The van der Waals surface area contributed by atoms with Gasteiger partial charge in [-0.25, -0.2) is 4.98 Å². The van der Waals surface area contributed by atoms with Crippen molar-refractivity contribution in [3.63, 3.8) is 0 Å². The molecule has 1 heterocycles. The Kier molecular flexibility index (Phi) is 4.49. The Morgan fingerprint density at radius 2 is 1.95 bits per heavy atom. The van der Waals surface area contributed by atoms with E-state index in [1.807, 2.05) is 23.1 Å². The maximum atomic E-state index is 9.15. The molecule has 0 saturated heterocycles. The van der Waals surface area contributed by atoms with Gasteiger partial charge in [-0.15, -0.1) is 0 Å². The SMILES string of the molecule is N#Cc1cccnc1N(CCN)Cc1ccccc1. The quantitative estimate of drug-likeness (QED) is 0.882. The van der Waals surface area contributed by atoms with E-state index in [4.69, 9.17) is 11.0 Å². The lowest BCUT2D eigenvalue weighted by atomic mass is 10.2. The van der Waals surface area contributed by atoms with Crippen molar-refractivity contribution < 1.29 is 0 Å². The molecule has 19 heavy (non-hydrogen) atoms. The van der Waals surface area contributed by atoms with Gasteiger partial charge < -0.3 is 10.6 Å². The van der Waals surface area contributed by atoms with E-state index >= 15 is 0 Å². The van der Waals surface area contributed by atoms with Crippen LogP contribution in [0.25, 0.3) is 0 Å². The van der Waals surface area contributed by atoms with Gasteiger partial charge in [-0.05, 0) is 17.7 Å². The molecule has 2 N–H and O–H groups in total. The summed E-state index contributed by atoms with van der Waals surface area (Å²) in [5.41, 5.74) is 7.41. The summed E-state index contributed by atoms with van der Waals surface area (Å²) in [6, 6.07) is 15.8. The van der Waals surface area contributed by atoms with E-state index in [1.54, 1.807) is 18.3 Å². The van der Waals surface area contributed by atoms with E-state index in [-0.39, 0.29) is 0 Å². The molecule has 0 spiro atoms. The third-order valence-electron chi connectivity index (χ3n) is 2.82. The minimum atomic E-state index is 0.522. The summed E-state index contributed by atoms with van der Waals surface area (Å²) in [5.74, 6) is 0.694. The molecule has 0 amide bonds. The highest BCUT2D eigenvalue weighted by atomic mass is 15.2. The van der Waals surface area contributed by atoms with Gasteiger partial charge in [-0.1, -0.05) is 30.3 Å². The highest BCUT2D eigenvalue weighted by Gasteiger charge is 2.12. The molecule has 0 saturated carbocycles. The first-order chi connectivity index (χ1) is 9.35. The molecule has 2 aromatic rings. The summed E-state index contributed by atoms with van der Waals surface area (Å²) in [4.78, 5) is 6.35. The van der Waals surface area contributed by atoms with Gasteiger partial charge in [0.2, 0.25) is 0 Å². The molecule has 2 rings (SSSR count). The number of nitriles is 1. The fourth-order valence-corrected chi connectivity index (χ4v) is 1.96. The molecule has 0 bridgehead atoms. The van der Waals surface area contributed by atoms with Crippen molar-refractivity contribution in [2.75, 3.05) is 18.0 Å². The van der Waals surface area contributed by atoms with E-state index in [2.05, 4.69) is 23.2 Å². The van der Waals surface area contributed by atoms with Crippen LogP contribution in [0, 0.1) is 11.3 Å². The van der Waals surface area contributed by atoms with Gasteiger partial charge in [0.25, 0.3) is 0 Å². The van der Waals surface area contributed by atoms with Crippen LogP contribution in [0.5, 0.6) is 0 Å². The van der Waals surface area contributed by atoms with Gasteiger partial charge in [-0.3, -0.25) is 0 Å². The summed E-state index contributed by atoms with van der Waals surface area (Å²) in [6.07, 6.45) is 1.70. The summed E-state index contributed by atoms with van der Waals surface area (Å²) < 4.78 is 0. The second-order valence-corrected chi connectivity index (χ2v) is 4.18. The van der Waals surface area contributed by atoms with E-state index in [9.17, 15) is 0 Å². The van der Waals surface area contributed by atoms with Gasteiger partial charge in [0.15, 0.2) is 0 Å². The highest BCUT2D eigenvalue weighted by molar-refractivity contribution is 5.53. The van der Waals surface area contributed by atoms with Gasteiger partial charge in [-0.2, -0.15) is 5.26 Å². The van der Waals surface area contributed by atoms with E-state index in [0.717, 1.165) is 0 Å². The number of benzene rings is 1. The van der Waals surface area contributed by atoms with Crippen LogP contribution >= 0.6 is 0 Å². The molecule has 4 heteroatoms. The monoisotopic (exact) mass is 252 g/mol. The third-order valence-corrected chi connectivity index (χ3v) is 2.82. The first-order valence-corrected chi connectivity index (χ1v) is 6.19. The van der Waals surface area contributed by atoms with Crippen molar-refractivity contribution in [2.45, 2.75) is 6.54 Å². The average Bonchev–Trinajstić information content (AvgIpc) is 2.48. The standard InChI is InChI=1S/C15H16N4/c16-8-10-19(12-13-5-2-1-3-6-13)15-14(11-17)7-4-9-18-15/h1-7,9H,8,10,12,16H2. The Bertz CT molecular complexity index is 560. The van der Waals surface area contributed by atoms with Gasteiger partial charge in [0.05, 0.1) is 5.56 Å². The maximum absolute atomic E-state index is 9.15. The minimum Gasteiger partial charge on any atom is -0.350 e. The predicted molar refractivity (Wildman–Crippen MR) is 75.5 cm³/mol. The van der Waals surface area contributed by atoms with Crippen LogP contribution in [-0.2, 0) is 6.54 Å². The number of anilines is 1. The summed E-state index contributed by atoms with van der Waals surface area (Å²) in [7, 11) is 0. The smallest absolute Gasteiger partial charge is 0.146 e.